The molecule has 1 aromatic rings. The van der Waals surface area contributed by atoms with E-state index in [0.29, 0.717) is 18.4 Å². The van der Waals surface area contributed by atoms with Gasteiger partial charge in [0.15, 0.2) is 5.60 Å². The minimum atomic E-state index is -4.38. The lowest BCUT2D eigenvalue weighted by Gasteiger charge is -2.52. The monoisotopic (exact) mass is 301 g/mol. The molecule has 1 aromatic carbocycles. The third-order valence-electron chi connectivity index (χ3n) is 4.76. The van der Waals surface area contributed by atoms with E-state index >= 15 is 0 Å². The number of primary amides is 1. The van der Waals surface area contributed by atoms with Crippen LogP contribution in [0, 0.1) is 0 Å². The van der Waals surface area contributed by atoms with Gasteiger partial charge in [0.2, 0.25) is 5.91 Å². The van der Waals surface area contributed by atoms with Crippen LogP contribution in [0.1, 0.15) is 37.3 Å². The van der Waals surface area contributed by atoms with Gasteiger partial charge in [-0.3, -0.25) is 4.79 Å². The van der Waals surface area contributed by atoms with Crippen molar-refractivity contribution in [1.29, 1.82) is 0 Å². The lowest BCUT2D eigenvalue weighted by atomic mass is 9.55. The second-order valence-electron chi connectivity index (χ2n) is 5.61. The fraction of sp³-hybridized carbons (Fsp3) is 0.533. The zero-order valence-corrected chi connectivity index (χ0v) is 12.0. The normalized spacial score (nSPS) is 20.4. The van der Waals surface area contributed by atoms with E-state index in [9.17, 15) is 18.0 Å². The molecule has 0 spiro atoms. The highest BCUT2D eigenvalue weighted by Crippen LogP contribution is 2.52. The fourth-order valence-electron chi connectivity index (χ4n) is 3.08. The van der Waals surface area contributed by atoms with Crippen LogP contribution in [0.2, 0.25) is 0 Å². The predicted octanol–water partition coefficient (Wildman–Crippen LogP) is 3.02. The van der Waals surface area contributed by atoms with Gasteiger partial charge in [-0.15, -0.1) is 0 Å². The van der Waals surface area contributed by atoms with Crippen LogP contribution in [0.25, 0.3) is 0 Å². The standard InChI is InChI=1S/C15H18F3NO2/c1-13(21-2,12(19)20)14(8-3-9-14)10-4-6-11(7-5-10)15(16,17)18/h4-7H,3,8-9H2,1-2H3,(H2,19,20). The number of rotatable bonds is 4. The molecule has 116 valence electrons. The summed E-state index contributed by atoms with van der Waals surface area (Å²) in [7, 11) is 1.40. The highest BCUT2D eigenvalue weighted by molar-refractivity contribution is 5.85. The number of methoxy groups -OCH3 is 1. The Kier molecular flexibility index (Phi) is 3.78. The molecule has 0 radical (unpaired) electrons. The summed E-state index contributed by atoms with van der Waals surface area (Å²) in [5, 5.41) is 0. The Morgan fingerprint density at radius 3 is 2.05 bits per heavy atom. The second-order valence-corrected chi connectivity index (χ2v) is 5.61. The van der Waals surface area contributed by atoms with Gasteiger partial charge in [-0.2, -0.15) is 13.2 Å². The number of benzene rings is 1. The number of nitrogens with two attached hydrogens (primary N) is 1. The molecule has 0 aromatic heterocycles. The first-order valence-electron chi connectivity index (χ1n) is 6.70. The first-order valence-corrected chi connectivity index (χ1v) is 6.70. The van der Waals surface area contributed by atoms with Crippen LogP contribution in [-0.4, -0.2) is 18.6 Å². The second kappa shape index (κ2) is 5.02. The topological polar surface area (TPSA) is 52.3 Å². The molecular weight excluding hydrogens is 283 g/mol. The molecule has 0 bridgehead atoms. The van der Waals surface area contributed by atoms with Crippen molar-refractivity contribution in [2.24, 2.45) is 5.73 Å². The number of hydrogen-bond acceptors (Lipinski definition) is 2. The van der Waals surface area contributed by atoms with Crippen molar-refractivity contribution in [2.45, 2.75) is 43.4 Å². The van der Waals surface area contributed by atoms with Crippen LogP contribution in [0.5, 0.6) is 0 Å². The van der Waals surface area contributed by atoms with Gasteiger partial charge in [-0.05, 0) is 37.5 Å². The zero-order chi connectivity index (χ0) is 15.9. The first-order chi connectivity index (χ1) is 9.67. The highest BCUT2D eigenvalue weighted by atomic mass is 19.4. The van der Waals surface area contributed by atoms with E-state index < -0.39 is 28.7 Å². The Morgan fingerprint density at radius 1 is 1.24 bits per heavy atom. The molecule has 1 aliphatic rings. The molecule has 6 heteroatoms. The molecular formula is C15H18F3NO2. The number of halogens is 3. The Labute approximate surface area is 121 Å². The third-order valence-corrected chi connectivity index (χ3v) is 4.76. The molecule has 1 unspecified atom stereocenters. The Morgan fingerprint density at radius 2 is 1.76 bits per heavy atom. The van der Waals surface area contributed by atoms with Crippen LogP contribution in [0.3, 0.4) is 0 Å². The van der Waals surface area contributed by atoms with Gasteiger partial charge in [0, 0.05) is 12.5 Å². The van der Waals surface area contributed by atoms with E-state index in [2.05, 4.69) is 0 Å². The molecule has 2 rings (SSSR count). The summed E-state index contributed by atoms with van der Waals surface area (Å²) in [5.41, 5.74) is 3.53. The summed E-state index contributed by atoms with van der Waals surface area (Å²) in [6.07, 6.45) is -2.18. The molecule has 0 saturated heterocycles. The van der Waals surface area contributed by atoms with E-state index in [1.165, 1.54) is 19.2 Å². The summed E-state index contributed by atoms with van der Waals surface area (Å²) in [6, 6.07) is 4.91. The van der Waals surface area contributed by atoms with Gasteiger partial charge < -0.3 is 10.5 Å². The van der Waals surface area contributed by atoms with Crippen LogP contribution < -0.4 is 5.73 Å². The van der Waals surface area contributed by atoms with Crippen LogP contribution in [0.15, 0.2) is 24.3 Å². The molecule has 0 heterocycles. The van der Waals surface area contributed by atoms with E-state index in [4.69, 9.17) is 10.5 Å². The van der Waals surface area contributed by atoms with Gasteiger partial charge in [-0.25, -0.2) is 0 Å². The van der Waals surface area contributed by atoms with Crippen molar-refractivity contribution in [3.05, 3.63) is 35.4 Å². The van der Waals surface area contributed by atoms with Gasteiger partial charge in [0.1, 0.15) is 0 Å². The predicted molar refractivity (Wildman–Crippen MR) is 71.6 cm³/mol. The van der Waals surface area contributed by atoms with Gasteiger partial charge >= 0.3 is 6.18 Å². The molecule has 21 heavy (non-hydrogen) atoms. The van der Waals surface area contributed by atoms with Crippen LogP contribution in [0.4, 0.5) is 13.2 Å². The molecule has 3 nitrogen and oxygen atoms in total. The zero-order valence-electron chi connectivity index (χ0n) is 12.0. The highest BCUT2D eigenvalue weighted by Gasteiger charge is 2.57. The average molecular weight is 301 g/mol. The summed E-state index contributed by atoms with van der Waals surface area (Å²) in [4.78, 5) is 11.8. The van der Waals surface area contributed by atoms with Gasteiger partial charge in [-0.1, -0.05) is 18.6 Å². The number of carbonyl (C=O) groups excluding carboxylic acids is 1. The Hall–Kier alpha value is -1.56. The van der Waals surface area contributed by atoms with Crippen molar-refractivity contribution in [3.8, 4) is 0 Å². The molecule has 1 aliphatic carbocycles. The summed E-state index contributed by atoms with van der Waals surface area (Å²) < 4.78 is 43.3. The smallest absolute Gasteiger partial charge is 0.368 e. The summed E-state index contributed by atoms with van der Waals surface area (Å²) in [5.74, 6) is -0.607. The van der Waals surface area contributed by atoms with Crippen molar-refractivity contribution in [1.82, 2.24) is 0 Å². The SMILES string of the molecule is COC(C)(C(N)=O)C1(c2ccc(C(F)(F)F)cc2)CCC1. The Bertz CT molecular complexity index is 535. The van der Waals surface area contributed by atoms with E-state index in [0.717, 1.165) is 18.6 Å². The largest absolute Gasteiger partial charge is 0.416 e. The van der Waals surface area contributed by atoms with Crippen molar-refractivity contribution in [3.63, 3.8) is 0 Å². The number of carbonyl (C=O) groups is 1. The molecule has 2 N–H and O–H groups in total. The van der Waals surface area contributed by atoms with Gasteiger partial charge in [0.05, 0.1) is 5.56 Å². The first kappa shape index (κ1) is 15.8. The molecule has 1 atom stereocenters. The van der Waals surface area contributed by atoms with E-state index in [-0.39, 0.29) is 0 Å². The molecule has 1 fully saturated rings. The van der Waals surface area contributed by atoms with E-state index in [1.807, 2.05) is 0 Å². The quantitative estimate of drug-likeness (QED) is 0.929. The minimum Gasteiger partial charge on any atom is -0.368 e. The maximum absolute atomic E-state index is 12.6. The minimum absolute atomic E-state index is 0.607. The van der Waals surface area contributed by atoms with Crippen LogP contribution >= 0.6 is 0 Å². The average Bonchev–Trinajstić information content (AvgIpc) is 2.36. The maximum atomic E-state index is 12.6. The van der Waals surface area contributed by atoms with Crippen molar-refractivity contribution < 1.29 is 22.7 Å². The number of hydrogen-bond donors (Lipinski definition) is 1. The van der Waals surface area contributed by atoms with E-state index in [1.54, 1.807) is 6.92 Å². The molecule has 1 amide bonds. The lowest BCUT2D eigenvalue weighted by molar-refractivity contribution is -0.154. The Balaban J connectivity index is 2.44. The number of ether oxygens (including phenoxy) is 1. The number of alkyl halides is 3. The summed E-state index contributed by atoms with van der Waals surface area (Å²) >= 11 is 0. The summed E-state index contributed by atoms with van der Waals surface area (Å²) in [6.45, 7) is 1.60. The fourth-order valence-corrected chi connectivity index (χ4v) is 3.08. The maximum Gasteiger partial charge on any atom is 0.416 e. The van der Waals surface area contributed by atoms with Crippen molar-refractivity contribution >= 4 is 5.91 Å². The lowest BCUT2D eigenvalue weighted by Crippen LogP contribution is -2.62. The van der Waals surface area contributed by atoms with Crippen LogP contribution in [-0.2, 0) is 21.1 Å². The van der Waals surface area contributed by atoms with Gasteiger partial charge in [0.25, 0.3) is 0 Å². The molecule has 1 saturated carbocycles. The third kappa shape index (κ3) is 2.31. The van der Waals surface area contributed by atoms with Crippen molar-refractivity contribution in [2.75, 3.05) is 7.11 Å². The molecule has 0 aliphatic heterocycles. The number of amides is 1.